The van der Waals surface area contributed by atoms with Gasteiger partial charge in [-0.2, -0.15) is 0 Å². The van der Waals surface area contributed by atoms with E-state index in [-0.39, 0.29) is 5.56 Å². The van der Waals surface area contributed by atoms with E-state index >= 15 is 0 Å². The molecule has 1 N–H and O–H groups in total. The smallest absolute Gasteiger partial charge is 0.258 e. The summed E-state index contributed by atoms with van der Waals surface area (Å²) in [5.41, 5.74) is 0.349. The van der Waals surface area contributed by atoms with Gasteiger partial charge in [0.1, 0.15) is 5.82 Å². The molecule has 0 unspecified atom stereocenters. The molecule has 19 heavy (non-hydrogen) atoms. The van der Waals surface area contributed by atoms with E-state index in [2.05, 4.69) is 17.9 Å². The Hall–Kier alpha value is -1.23. The first kappa shape index (κ1) is 14.2. The molecule has 0 radical (unpaired) electrons. The molecular formula is C13H8Cl2FNOS. The third-order valence-electron chi connectivity index (χ3n) is 2.37. The van der Waals surface area contributed by atoms with Gasteiger partial charge in [-0.1, -0.05) is 23.2 Å². The molecule has 2 rings (SSSR count). The second kappa shape index (κ2) is 5.82. The van der Waals surface area contributed by atoms with Crippen LogP contribution in [0.4, 0.5) is 10.1 Å². The van der Waals surface area contributed by atoms with Gasteiger partial charge in [-0.3, -0.25) is 4.79 Å². The van der Waals surface area contributed by atoms with Crippen LogP contribution >= 0.6 is 35.8 Å². The highest BCUT2D eigenvalue weighted by molar-refractivity contribution is 7.80. The highest BCUT2D eigenvalue weighted by Gasteiger charge is 2.12. The molecule has 0 aliphatic rings. The Morgan fingerprint density at radius 3 is 2.53 bits per heavy atom. The molecule has 0 atom stereocenters. The minimum absolute atomic E-state index is 0.0847. The highest BCUT2D eigenvalue weighted by Crippen LogP contribution is 2.25. The summed E-state index contributed by atoms with van der Waals surface area (Å²) in [5.74, 6) is -1.19. The highest BCUT2D eigenvalue weighted by atomic mass is 35.5. The molecular weight excluding hydrogens is 308 g/mol. The maximum atomic E-state index is 13.5. The van der Waals surface area contributed by atoms with Crippen molar-refractivity contribution in [2.45, 2.75) is 4.90 Å². The Labute approximate surface area is 124 Å². The zero-order valence-corrected chi connectivity index (χ0v) is 11.9. The van der Waals surface area contributed by atoms with Crippen LogP contribution in [0.25, 0.3) is 0 Å². The maximum Gasteiger partial charge on any atom is 0.258 e. The van der Waals surface area contributed by atoms with Gasteiger partial charge >= 0.3 is 0 Å². The Balaban J connectivity index is 2.25. The first-order chi connectivity index (χ1) is 8.97. The van der Waals surface area contributed by atoms with Crippen LogP contribution in [0.5, 0.6) is 0 Å². The van der Waals surface area contributed by atoms with E-state index in [1.807, 2.05) is 0 Å². The van der Waals surface area contributed by atoms with Gasteiger partial charge < -0.3 is 5.32 Å². The Morgan fingerprint density at radius 2 is 1.84 bits per heavy atom. The fraction of sp³-hybridized carbons (Fsp3) is 0. The number of carbonyl (C=O) groups excluding carboxylic acids is 1. The summed E-state index contributed by atoms with van der Waals surface area (Å²) in [7, 11) is 0. The van der Waals surface area contributed by atoms with Crippen LogP contribution in [-0.2, 0) is 0 Å². The number of hydrogen-bond acceptors (Lipinski definition) is 2. The number of thiol groups is 1. The number of benzene rings is 2. The molecule has 2 aromatic carbocycles. The van der Waals surface area contributed by atoms with Crippen molar-refractivity contribution in [3.8, 4) is 0 Å². The van der Waals surface area contributed by atoms with E-state index in [0.717, 1.165) is 0 Å². The van der Waals surface area contributed by atoms with E-state index in [4.69, 9.17) is 23.2 Å². The zero-order valence-electron chi connectivity index (χ0n) is 9.45. The van der Waals surface area contributed by atoms with Gasteiger partial charge in [0, 0.05) is 10.6 Å². The van der Waals surface area contributed by atoms with Crippen molar-refractivity contribution in [3.05, 3.63) is 57.8 Å². The molecule has 2 aromatic rings. The summed E-state index contributed by atoms with van der Waals surface area (Å²) < 4.78 is 13.5. The number of halogens is 3. The fourth-order valence-corrected chi connectivity index (χ4v) is 1.96. The molecule has 6 heteroatoms. The maximum absolute atomic E-state index is 13.5. The summed E-state index contributed by atoms with van der Waals surface area (Å²) in [6.07, 6.45) is 0. The quantitative estimate of drug-likeness (QED) is 0.774. The summed E-state index contributed by atoms with van der Waals surface area (Å²) in [4.78, 5) is 12.4. The molecule has 0 aliphatic carbocycles. The molecule has 0 spiro atoms. The van der Waals surface area contributed by atoms with Crippen LogP contribution in [0.2, 0.25) is 10.0 Å². The molecule has 0 aliphatic heterocycles. The van der Waals surface area contributed by atoms with Gasteiger partial charge in [0.15, 0.2) is 0 Å². The van der Waals surface area contributed by atoms with E-state index in [9.17, 15) is 9.18 Å². The number of carbonyl (C=O) groups is 1. The lowest BCUT2D eigenvalue weighted by atomic mass is 10.2. The van der Waals surface area contributed by atoms with Crippen molar-refractivity contribution in [3.63, 3.8) is 0 Å². The van der Waals surface area contributed by atoms with Gasteiger partial charge in [-0.15, -0.1) is 12.6 Å². The van der Waals surface area contributed by atoms with Gasteiger partial charge in [-0.25, -0.2) is 4.39 Å². The predicted molar refractivity (Wildman–Crippen MR) is 78.1 cm³/mol. The standard InChI is InChI=1S/C13H8Cl2FNOS/c14-10-3-1-7(5-11(10)15)17-13(18)9-6-8(19)2-4-12(9)16/h1-6,19H,(H,17,18). The molecule has 2 nitrogen and oxygen atoms in total. The van der Waals surface area contributed by atoms with Crippen LogP contribution in [0.3, 0.4) is 0 Å². The third-order valence-corrected chi connectivity index (χ3v) is 3.39. The van der Waals surface area contributed by atoms with E-state index < -0.39 is 11.7 Å². The molecule has 98 valence electrons. The van der Waals surface area contributed by atoms with Gasteiger partial charge in [0.2, 0.25) is 0 Å². The van der Waals surface area contributed by atoms with E-state index in [1.54, 1.807) is 12.1 Å². The molecule has 0 fully saturated rings. The van der Waals surface area contributed by atoms with Crippen molar-refractivity contribution in [1.29, 1.82) is 0 Å². The fourth-order valence-electron chi connectivity index (χ4n) is 1.46. The van der Waals surface area contributed by atoms with Gasteiger partial charge in [-0.05, 0) is 36.4 Å². The van der Waals surface area contributed by atoms with Crippen molar-refractivity contribution in [1.82, 2.24) is 0 Å². The molecule has 0 heterocycles. The Morgan fingerprint density at radius 1 is 1.11 bits per heavy atom. The van der Waals surface area contributed by atoms with Crippen molar-refractivity contribution >= 4 is 47.4 Å². The van der Waals surface area contributed by atoms with Crippen LogP contribution in [0, 0.1) is 5.82 Å². The van der Waals surface area contributed by atoms with E-state index in [0.29, 0.717) is 20.6 Å². The lowest BCUT2D eigenvalue weighted by Crippen LogP contribution is -2.13. The lowest BCUT2D eigenvalue weighted by Gasteiger charge is -2.07. The second-order valence-corrected chi connectivity index (χ2v) is 5.08. The minimum Gasteiger partial charge on any atom is -0.322 e. The largest absolute Gasteiger partial charge is 0.322 e. The van der Waals surface area contributed by atoms with Gasteiger partial charge in [0.25, 0.3) is 5.91 Å². The summed E-state index contributed by atoms with van der Waals surface area (Å²) in [5, 5.41) is 3.22. The third kappa shape index (κ3) is 3.41. The first-order valence-electron chi connectivity index (χ1n) is 5.22. The van der Waals surface area contributed by atoms with Crippen LogP contribution in [0.1, 0.15) is 10.4 Å². The van der Waals surface area contributed by atoms with Crippen LogP contribution in [-0.4, -0.2) is 5.91 Å². The molecule has 0 saturated heterocycles. The topological polar surface area (TPSA) is 29.1 Å². The number of anilines is 1. The molecule has 0 bridgehead atoms. The number of amides is 1. The average Bonchev–Trinajstić information content (AvgIpc) is 2.36. The summed E-state index contributed by atoms with van der Waals surface area (Å²) >= 11 is 15.7. The number of rotatable bonds is 2. The Bertz CT molecular complexity index is 649. The molecule has 1 amide bonds. The Kier molecular flexibility index (Phi) is 4.34. The summed E-state index contributed by atoms with van der Waals surface area (Å²) in [6, 6.07) is 8.62. The molecule has 0 aromatic heterocycles. The first-order valence-corrected chi connectivity index (χ1v) is 6.42. The monoisotopic (exact) mass is 315 g/mol. The number of nitrogens with one attached hydrogen (secondary N) is 1. The second-order valence-electron chi connectivity index (χ2n) is 3.75. The van der Waals surface area contributed by atoms with E-state index in [1.165, 1.54) is 24.3 Å². The zero-order chi connectivity index (χ0) is 14.0. The number of hydrogen-bond donors (Lipinski definition) is 2. The van der Waals surface area contributed by atoms with Crippen LogP contribution in [0.15, 0.2) is 41.3 Å². The van der Waals surface area contributed by atoms with Crippen molar-refractivity contribution in [2.24, 2.45) is 0 Å². The minimum atomic E-state index is -0.615. The van der Waals surface area contributed by atoms with Crippen molar-refractivity contribution < 1.29 is 9.18 Å². The summed E-state index contributed by atoms with van der Waals surface area (Å²) in [6.45, 7) is 0. The average molecular weight is 316 g/mol. The normalized spacial score (nSPS) is 10.3. The van der Waals surface area contributed by atoms with Crippen LogP contribution < -0.4 is 5.32 Å². The molecule has 0 saturated carbocycles. The van der Waals surface area contributed by atoms with Gasteiger partial charge in [0.05, 0.1) is 15.6 Å². The van der Waals surface area contributed by atoms with Crippen molar-refractivity contribution in [2.75, 3.05) is 5.32 Å². The predicted octanol–water partition coefficient (Wildman–Crippen LogP) is 4.67. The SMILES string of the molecule is O=C(Nc1ccc(Cl)c(Cl)c1)c1cc(S)ccc1F. The lowest BCUT2D eigenvalue weighted by molar-refractivity contribution is 0.102.